The van der Waals surface area contributed by atoms with E-state index in [9.17, 15) is 4.79 Å². The highest BCUT2D eigenvalue weighted by Gasteiger charge is 2.07. The number of ether oxygens (including phenoxy) is 2. The lowest BCUT2D eigenvalue weighted by molar-refractivity contribution is 0.177. The van der Waals surface area contributed by atoms with Gasteiger partial charge in [-0.05, 0) is 25.1 Å². The van der Waals surface area contributed by atoms with Gasteiger partial charge in [-0.2, -0.15) is 0 Å². The maximum Gasteiger partial charge on any atom is 0.251 e. The van der Waals surface area contributed by atoms with Crippen LogP contribution in [0.4, 0.5) is 5.69 Å². The van der Waals surface area contributed by atoms with E-state index in [1.165, 1.54) is 6.07 Å². The smallest absolute Gasteiger partial charge is 0.251 e. The van der Waals surface area contributed by atoms with Gasteiger partial charge in [0.25, 0.3) is 5.56 Å². The summed E-state index contributed by atoms with van der Waals surface area (Å²) >= 11 is 0. The zero-order chi connectivity index (χ0) is 14.5. The average molecular weight is 275 g/mol. The molecule has 0 saturated heterocycles. The van der Waals surface area contributed by atoms with Crippen LogP contribution in [-0.4, -0.2) is 23.7 Å². The van der Waals surface area contributed by atoms with Gasteiger partial charge in [-0.15, -0.1) is 0 Å². The fourth-order valence-corrected chi connectivity index (χ4v) is 1.86. The Morgan fingerprint density at radius 2 is 2.15 bits per heavy atom. The molecule has 0 bridgehead atoms. The quantitative estimate of drug-likeness (QED) is 0.808. The van der Waals surface area contributed by atoms with Crippen molar-refractivity contribution in [2.45, 2.75) is 13.5 Å². The molecule has 0 unspecified atom stereocenters. The molecule has 0 amide bonds. The van der Waals surface area contributed by atoms with Crippen molar-refractivity contribution < 1.29 is 9.47 Å². The normalized spacial score (nSPS) is 10.5. The van der Waals surface area contributed by atoms with Crippen molar-refractivity contribution in [1.29, 1.82) is 0 Å². The van der Waals surface area contributed by atoms with Crippen LogP contribution in [0.2, 0.25) is 0 Å². The Hall–Kier alpha value is -2.34. The molecule has 1 aromatic heterocycles. The first kappa shape index (κ1) is 14.1. The van der Waals surface area contributed by atoms with Crippen molar-refractivity contribution in [2.75, 3.05) is 19.5 Å². The lowest BCUT2D eigenvalue weighted by atomic mass is 10.1. The summed E-state index contributed by atoms with van der Waals surface area (Å²) in [6.07, 6.45) is 0. The van der Waals surface area contributed by atoms with E-state index in [1.54, 1.807) is 19.2 Å². The van der Waals surface area contributed by atoms with Crippen molar-refractivity contribution in [3.05, 3.63) is 40.4 Å². The van der Waals surface area contributed by atoms with E-state index in [0.717, 1.165) is 5.56 Å². The van der Waals surface area contributed by atoms with E-state index in [-0.39, 0.29) is 12.2 Å². The summed E-state index contributed by atoms with van der Waals surface area (Å²) in [5, 5.41) is 0. The largest absolute Gasteiger partial charge is 0.492 e. The Morgan fingerprint density at radius 3 is 2.80 bits per heavy atom. The third-order valence-corrected chi connectivity index (χ3v) is 2.68. The number of nitrogens with zero attached hydrogens (tertiary/aromatic N) is 1. The highest BCUT2D eigenvalue weighted by Crippen LogP contribution is 2.27. The Morgan fingerprint density at radius 1 is 1.35 bits per heavy atom. The number of aromatic amines is 1. The molecule has 6 nitrogen and oxygen atoms in total. The van der Waals surface area contributed by atoms with E-state index < -0.39 is 0 Å². The highest BCUT2D eigenvalue weighted by atomic mass is 16.5. The number of anilines is 1. The predicted molar refractivity (Wildman–Crippen MR) is 76.6 cm³/mol. The van der Waals surface area contributed by atoms with E-state index in [4.69, 9.17) is 15.2 Å². The van der Waals surface area contributed by atoms with E-state index in [2.05, 4.69) is 9.97 Å². The van der Waals surface area contributed by atoms with E-state index >= 15 is 0 Å². The summed E-state index contributed by atoms with van der Waals surface area (Å²) in [5.41, 5.74) is 7.51. The molecule has 0 aliphatic rings. The lowest BCUT2D eigenvalue weighted by Crippen LogP contribution is -2.11. The second-order valence-corrected chi connectivity index (χ2v) is 4.20. The van der Waals surface area contributed by atoms with Crippen molar-refractivity contribution in [3.63, 3.8) is 0 Å². The first-order chi connectivity index (χ1) is 9.63. The number of nitrogen functional groups attached to an aromatic ring is 1. The van der Waals surface area contributed by atoms with Crippen LogP contribution < -0.4 is 16.0 Å². The Kier molecular flexibility index (Phi) is 4.37. The number of aromatic nitrogens is 2. The summed E-state index contributed by atoms with van der Waals surface area (Å²) in [5.74, 6) is 1.10. The first-order valence-electron chi connectivity index (χ1n) is 6.26. The van der Waals surface area contributed by atoms with Crippen molar-refractivity contribution in [1.82, 2.24) is 9.97 Å². The van der Waals surface area contributed by atoms with Crippen molar-refractivity contribution in [3.8, 4) is 17.0 Å². The Balaban J connectivity index is 2.40. The van der Waals surface area contributed by atoms with E-state index in [0.29, 0.717) is 29.6 Å². The fourth-order valence-electron chi connectivity index (χ4n) is 1.86. The molecule has 0 saturated carbocycles. The summed E-state index contributed by atoms with van der Waals surface area (Å²) < 4.78 is 10.4. The van der Waals surface area contributed by atoms with Crippen LogP contribution in [0.5, 0.6) is 5.75 Å². The summed E-state index contributed by atoms with van der Waals surface area (Å²) in [4.78, 5) is 18.6. The van der Waals surface area contributed by atoms with Gasteiger partial charge in [-0.3, -0.25) is 4.79 Å². The molecule has 106 valence electrons. The molecule has 0 radical (unpaired) electrons. The van der Waals surface area contributed by atoms with E-state index in [1.807, 2.05) is 13.0 Å². The number of nitrogens with one attached hydrogen (secondary N) is 1. The van der Waals surface area contributed by atoms with Crippen molar-refractivity contribution in [2.24, 2.45) is 0 Å². The van der Waals surface area contributed by atoms with Gasteiger partial charge in [0.2, 0.25) is 0 Å². The second kappa shape index (κ2) is 6.21. The van der Waals surface area contributed by atoms with Gasteiger partial charge in [-0.25, -0.2) is 4.98 Å². The van der Waals surface area contributed by atoms with Gasteiger partial charge < -0.3 is 20.2 Å². The molecule has 0 spiro atoms. The number of H-pyrrole nitrogens is 1. The molecule has 6 heteroatoms. The summed E-state index contributed by atoms with van der Waals surface area (Å²) in [7, 11) is 1.54. The third kappa shape index (κ3) is 3.16. The fraction of sp³-hybridized carbons (Fsp3) is 0.286. The average Bonchev–Trinajstić information content (AvgIpc) is 2.41. The predicted octanol–water partition coefficient (Wildman–Crippen LogP) is 1.56. The number of nitrogens with two attached hydrogens (primary N) is 1. The number of hydrogen-bond acceptors (Lipinski definition) is 5. The topological polar surface area (TPSA) is 90.2 Å². The number of benzene rings is 1. The maximum absolute atomic E-state index is 11.6. The molecule has 3 N–H and O–H groups in total. The third-order valence-electron chi connectivity index (χ3n) is 2.68. The summed E-state index contributed by atoms with van der Waals surface area (Å²) in [6, 6.07) is 6.75. The molecule has 2 rings (SSSR count). The van der Waals surface area contributed by atoms with Gasteiger partial charge in [0, 0.05) is 18.7 Å². The zero-order valence-electron chi connectivity index (χ0n) is 11.5. The first-order valence-corrected chi connectivity index (χ1v) is 6.26. The molecule has 0 atom stereocenters. The van der Waals surface area contributed by atoms with Gasteiger partial charge in [0.1, 0.15) is 18.2 Å². The van der Waals surface area contributed by atoms with Gasteiger partial charge in [-0.1, -0.05) is 0 Å². The van der Waals surface area contributed by atoms with Crippen LogP contribution in [0.15, 0.2) is 29.1 Å². The molecule has 20 heavy (non-hydrogen) atoms. The van der Waals surface area contributed by atoms with Crippen LogP contribution >= 0.6 is 0 Å². The molecular formula is C14H17N3O3. The lowest BCUT2D eigenvalue weighted by Gasteiger charge is -2.09. The van der Waals surface area contributed by atoms with Crippen LogP contribution in [-0.2, 0) is 11.3 Å². The molecule has 0 fully saturated rings. The van der Waals surface area contributed by atoms with Crippen LogP contribution in [0.3, 0.4) is 0 Å². The molecule has 0 aliphatic carbocycles. The highest BCUT2D eigenvalue weighted by molar-refractivity contribution is 5.68. The van der Waals surface area contributed by atoms with Gasteiger partial charge in [0.15, 0.2) is 0 Å². The second-order valence-electron chi connectivity index (χ2n) is 4.20. The Labute approximate surface area is 116 Å². The van der Waals surface area contributed by atoms with Crippen molar-refractivity contribution >= 4 is 5.69 Å². The molecule has 1 heterocycles. The number of methoxy groups -OCH3 is 1. The van der Waals surface area contributed by atoms with Crippen LogP contribution in [0, 0.1) is 0 Å². The number of rotatable bonds is 5. The van der Waals surface area contributed by atoms with Crippen LogP contribution in [0.25, 0.3) is 11.3 Å². The molecular weight excluding hydrogens is 258 g/mol. The molecule has 1 aromatic carbocycles. The molecule has 2 aromatic rings. The van der Waals surface area contributed by atoms with Gasteiger partial charge >= 0.3 is 0 Å². The minimum Gasteiger partial charge on any atom is -0.492 e. The maximum atomic E-state index is 11.6. The Bertz CT molecular complexity index is 652. The summed E-state index contributed by atoms with van der Waals surface area (Å²) in [6.45, 7) is 2.68. The number of hydrogen-bond donors (Lipinski definition) is 2. The zero-order valence-corrected chi connectivity index (χ0v) is 11.5. The monoisotopic (exact) mass is 275 g/mol. The minimum absolute atomic E-state index is 0.227. The standard InChI is InChI=1S/C14H17N3O3/c1-3-20-12-5-4-9(6-10(12)15)11-7-14(18)17-13(16-11)8-19-2/h4-7H,3,8,15H2,1-2H3,(H,16,17,18). The minimum atomic E-state index is -0.227. The van der Waals surface area contributed by atoms with Gasteiger partial charge in [0.05, 0.1) is 18.0 Å². The molecule has 0 aliphatic heterocycles. The SMILES string of the molecule is CCOc1ccc(-c2cc(=O)[nH]c(COC)n2)cc1N. The van der Waals surface area contributed by atoms with Crippen LogP contribution in [0.1, 0.15) is 12.7 Å².